The van der Waals surface area contributed by atoms with Crippen LogP contribution in [-0.4, -0.2) is 29.3 Å². The van der Waals surface area contributed by atoms with Gasteiger partial charge in [-0.15, -0.1) is 0 Å². The summed E-state index contributed by atoms with van der Waals surface area (Å²) in [6, 6.07) is 0.120. The molecule has 2 amide bonds. The van der Waals surface area contributed by atoms with Crippen molar-refractivity contribution in [3.05, 3.63) is 0 Å². The molecule has 0 aliphatic carbocycles. The Bertz CT molecular complexity index is 229. The first-order chi connectivity index (χ1) is 6.93. The van der Waals surface area contributed by atoms with Gasteiger partial charge in [0, 0.05) is 25.4 Å². The number of rotatable bonds is 6. The standard InChI is InChI=1S/C11H22N2O2/c1-5-10(7-8(3)11(12)15)13(6-2)9(4)14/h8,10H,5-7H2,1-4H3,(H2,12,15)/t8-,10+/m1/s1. The van der Waals surface area contributed by atoms with E-state index in [1.54, 1.807) is 18.7 Å². The van der Waals surface area contributed by atoms with Crippen molar-refractivity contribution < 1.29 is 9.59 Å². The van der Waals surface area contributed by atoms with E-state index >= 15 is 0 Å². The molecule has 88 valence electrons. The molecule has 4 heteroatoms. The summed E-state index contributed by atoms with van der Waals surface area (Å²) in [7, 11) is 0. The van der Waals surface area contributed by atoms with Gasteiger partial charge in [0.05, 0.1) is 0 Å². The van der Waals surface area contributed by atoms with Crippen LogP contribution in [0.15, 0.2) is 0 Å². The molecule has 0 saturated heterocycles. The third-order valence-corrected chi connectivity index (χ3v) is 2.77. The minimum absolute atomic E-state index is 0.0565. The number of amides is 2. The van der Waals surface area contributed by atoms with E-state index in [1.807, 2.05) is 13.8 Å². The number of hydrogen-bond acceptors (Lipinski definition) is 2. The Morgan fingerprint density at radius 3 is 2.13 bits per heavy atom. The van der Waals surface area contributed by atoms with Gasteiger partial charge in [0.25, 0.3) is 0 Å². The van der Waals surface area contributed by atoms with Crippen molar-refractivity contribution in [2.75, 3.05) is 6.54 Å². The average Bonchev–Trinajstić information content (AvgIpc) is 2.16. The van der Waals surface area contributed by atoms with Gasteiger partial charge in [0.15, 0.2) is 0 Å². The average molecular weight is 214 g/mol. The van der Waals surface area contributed by atoms with Crippen molar-refractivity contribution in [1.82, 2.24) is 4.90 Å². The monoisotopic (exact) mass is 214 g/mol. The predicted octanol–water partition coefficient (Wildman–Crippen LogP) is 1.14. The quantitative estimate of drug-likeness (QED) is 0.720. The van der Waals surface area contributed by atoms with E-state index in [4.69, 9.17) is 5.73 Å². The summed E-state index contributed by atoms with van der Waals surface area (Å²) < 4.78 is 0. The molecule has 0 aromatic rings. The van der Waals surface area contributed by atoms with Crippen molar-refractivity contribution in [2.24, 2.45) is 11.7 Å². The number of nitrogens with zero attached hydrogens (tertiary/aromatic N) is 1. The fraction of sp³-hybridized carbons (Fsp3) is 0.818. The first-order valence-electron chi connectivity index (χ1n) is 5.50. The second-order valence-electron chi connectivity index (χ2n) is 3.91. The lowest BCUT2D eigenvalue weighted by Gasteiger charge is -2.30. The highest BCUT2D eigenvalue weighted by Gasteiger charge is 2.22. The molecule has 0 aliphatic heterocycles. The van der Waals surface area contributed by atoms with Crippen molar-refractivity contribution in [2.45, 2.75) is 46.6 Å². The van der Waals surface area contributed by atoms with Gasteiger partial charge in [-0.05, 0) is 19.8 Å². The molecule has 2 atom stereocenters. The highest BCUT2D eigenvalue weighted by atomic mass is 16.2. The molecule has 0 saturated carbocycles. The molecule has 0 spiro atoms. The van der Waals surface area contributed by atoms with Gasteiger partial charge < -0.3 is 10.6 Å². The van der Waals surface area contributed by atoms with Crippen LogP contribution in [0.1, 0.15) is 40.5 Å². The number of primary amides is 1. The van der Waals surface area contributed by atoms with Crippen LogP contribution in [0.25, 0.3) is 0 Å². The fourth-order valence-corrected chi connectivity index (χ4v) is 1.78. The van der Waals surface area contributed by atoms with E-state index in [2.05, 4.69) is 0 Å². The van der Waals surface area contributed by atoms with Crippen LogP contribution in [0.5, 0.6) is 0 Å². The molecule has 0 fully saturated rings. The summed E-state index contributed by atoms with van der Waals surface area (Å²) in [4.78, 5) is 24.1. The Morgan fingerprint density at radius 1 is 1.33 bits per heavy atom. The summed E-state index contributed by atoms with van der Waals surface area (Å²) >= 11 is 0. The maximum atomic E-state index is 11.3. The first kappa shape index (κ1) is 13.9. The molecule has 15 heavy (non-hydrogen) atoms. The molecule has 0 aromatic carbocycles. The van der Waals surface area contributed by atoms with Crippen LogP contribution in [0.3, 0.4) is 0 Å². The van der Waals surface area contributed by atoms with Crippen LogP contribution in [0, 0.1) is 5.92 Å². The smallest absolute Gasteiger partial charge is 0.220 e. The van der Waals surface area contributed by atoms with Crippen molar-refractivity contribution in [3.8, 4) is 0 Å². The lowest BCUT2D eigenvalue weighted by Crippen LogP contribution is -2.40. The molecular formula is C11H22N2O2. The number of hydrogen-bond donors (Lipinski definition) is 1. The SMILES string of the molecule is CC[C@@H](C[C@@H](C)C(N)=O)N(CC)C(C)=O. The van der Waals surface area contributed by atoms with Crippen LogP contribution in [-0.2, 0) is 9.59 Å². The molecule has 0 unspecified atom stereocenters. The second-order valence-corrected chi connectivity index (χ2v) is 3.91. The first-order valence-corrected chi connectivity index (χ1v) is 5.50. The molecule has 0 radical (unpaired) electrons. The van der Waals surface area contributed by atoms with Gasteiger partial charge in [-0.3, -0.25) is 9.59 Å². The van der Waals surface area contributed by atoms with Crippen molar-refractivity contribution >= 4 is 11.8 Å². The number of nitrogens with two attached hydrogens (primary N) is 1. The number of carbonyl (C=O) groups is 2. The Labute approximate surface area is 91.8 Å². The van der Waals surface area contributed by atoms with E-state index in [1.165, 1.54) is 0 Å². The normalized spacial score (nSPS) is 14.4. The summed E-state index contributed by atoms with van der Waals surface area (Å²) in [6.45, 7) is 8.00. The topological polar surface area (TPSA) is 63.4 Å². The lowest BCUT2D eigenvalue weighted by molar-refractivity contribution is -0.132. The Balaban J connectivity index is 4.46. The zero-order chi connectivity index (χ0) is 12.0. The van der Waals surface area contributed by atoms with Gasteiger partial charge in [-0.25, -0.2) is 0 Å². The molecule has 4 nitrogen and oxygen atoms in total. The molecule has 0 bridgehead atoms. The summed E-state index contributed by atoms with van der Waals surface area (Å²) in [6.07, 6.45) is 1.50. The minimum Gasteiger partial charge on any atom is -0.369 e. The van der Waals surface area contributed by atoms with E-state index in [0.717, 1.165) is 6.42 Å². The molecule has 2 N–H and O–H groups in total. The lowest BCUT2D eigenvalue weighted by atomic mass is 9.98. The molecule has 0 aromatic heterocycles. The van der Waals surface area contributed by atoms with Gasteiger partial charge in [0.1, 0.15) is 0 Å². The summed E-state index contributed by atoms with van der Waals surface area (Å²) in [5.74, 6) is -0.419. The van der Waals surface area contributed by atoms with Crippen LogP contribution in [0.4, 0.5) is 0 Å². The van der Waals surface area contributed by atoms with Gasteiger partial charge in [-0.1, -0.05) is 13.8 Å². The van der Waals surface area contributed by atoms with Crippen molar-refractivity contribution in [3.63, 3.8) is 0 Å². The van der Waals surface area contributed by atoms with Crippen LogP contribution in [0.2, 0.25) is 0 Å². The third-order valence-electron chi connectivity index (χ3n) is 2.77. The Kier molecular flexibility index (Phi) is 5.97. The number of carbonyl (C=O) groups excluding carboxylic acids is 2. The molecule has 0 aliphatic rings. The van der Waals surface area contributed by atoms with Gasteiger partial charge in [0.2, 0.25) is 11.8 Å². The summed E-state index contributed by atoms with van der Waals surface area (Å²) in [5, 5.41) is 0. The van der Waals surface area contributed by atoms with Crippen LogP contribution >= 0.6 is 0 Å². The maximum absolute atomic E-state index is 11.3. The highest BCUT2D eigenvalue weighted by Crippen LogP contribution is 2.15. The molecule has 0 heterocycles. The molecular weight excluding hydrogens is 192 g/mol. The third kappa shape index (κ3) is 4.32. The largest absolute Gasteiger partial charge is 0.369 e. The Hall–Kier alpha value is -1.06. The molecule has 0 rings (SSSR count). The second kappa shape index (κ2) is 6.43. The zero-order valence-corrected chi connectivity index (χ0v) is 10.1. The van der Waals surface area contributed by atoms with Crippen molar-refractivity contribution in [1.29, 1.82) is 0 Å². The van der Waals surface area contributed by atoms with E-state index in [0.29, 0.717) is 13.0 Å². The van der Waals surface area contributed by atoms with Gasteiger partial charge in [-0.2, -0.15) is 0 Å². The highest BCUT2D eigenvalue weighted by molar-refractivity contribution is 5.76. The van der Waals surface area contributed by atoms with E-state index in [9.17, 15) is 9.59 Å². The predicted molar refractivity (Wildman–Crippen MR) is 60.1 cm³/mol. The van der Waals surface area contributed by atoms with E-state index in [-0.39, 0.29) is 23.8 Å². The van der Waals surface area contributed by atoms with Gasteiger partial charge >= 0.3 is 0 Å². The summed E-state index contributed by atoms with van der Waals surface area (Å²) in [5.41, 5.74) is 5.21. The Morgan fingerprint density at radius 2 is 1.87 bits per heavy atom. The minimum atomic E-state index is -0.298. The van der Waals surface area contributed by atoms with Crippen LogP contribution < -0.4 is 5.73 Å². The zero-order valence-electron chi connectivity index (χ0n) is 10.1. The van der Waals surface area contributed by atoms with E-state index < -0.39 is 0 Å². The fourth-order valence-electron chi connectivity index (χ4n) is 1.78. The maximum Gasteiger partial charge on any atom is 0.220 e.